The van der Waals surface area contributed by atoms with Crippen molar-refractivity contribution in [2.75, 3.05) is 5.32 Å². The molecule has 26 heavy (non-hydrogen) atoms. The Morgan fingerprint density at radius 3 is 2.19 bits per heavy atom. The summed E-state index contributed by atoms with van der Waals surface area (Å²) in [7, 11) is 0. The Hall–Kier alpha value is -2.57. The summed E-state index contributed by atoms with van der Waals surface area (Å²) in [5.41, 5.74) is 0.975. The molecule has 0 saturated carbocycles. The van der Waals surface area contributed by atoms with E-state index >= 15 is 0 Å². The third kappa shape index (κ3) is 7.55. The van der Waals surface area contributed by atoms with Crippen molar-refractivity contribution in [2.45, 2.75) is 65.6 Å². The van der Waals surface area contributed by atoms with Crippen LogP contribution in [0.5, 0.6) is 0 Å². The number of carboxylic acids is 1. The van der Waals surface area contributed by atoms with Crippen molar-refractivity contribution in [2.24, 2.45) is 0 Å². The molecular formula is C19H29N3O4. The van der Waals surface area contributed by atoms with E-state index < -0.39 is 11.5 Å². The summed E-state index contributed by atoms with van der Waals surface area (Å²) in [6.07, 6.45) is 0.329. The van der Waals surface area contributed by atoms with Gasteiger partial charge in [-0.15, -0.1) is 0 Å². The lowest BCUT2D eigenvalue weighted by molar-refractivity contribution is -0.137. The van der Waals surface area contributed by atoms with Crippen LogP contribution in [0.25, 0.3) is 0 Å². The van der Waals surface area contributed by atoms with Crippen LogP contribution in [0.4, 0.5) is 10.5 Å². The second-order valence-corrected chi connectivity index (χ2v) is 7.29. The normalized spacial score (nSPS) is 11.2. The molecule has 0 bridgehead atoms. The van der Waals surface area contributed by atoms with E-state index in [0.29, 0.717) is 18.7 Å². The highest BCUT2D eigenvalue weighted by Crippen LogP contribution is 2.15. The molecule has 0 atom stereocenters. The fourth-order valence-electron chi connectivity index (χ4n) is 2.50. The first-order chi connectivity index (χ1) is 12.0. The Morgan fingerprint density at radius 1 is 1.15 bits per heavy atom. The Kier molecular flexibility index (Phi) is 7.61. The summed E-state index contributed by atoms with van der Waals surface area (Å²) in [6, 6.07) is 7.01. The third-order valence-corrected chi connectivity index (χ3v) is 4.01. The van der Waals surface area contributed by atoms with Gasteiger partial charge in [-0.05, 0) is 51.8 Å². The number of carboxylic acid groups (broad SMARTS) is 1. The smallest absolute Gasteiger partial charge is 0.319 e. The van der Waals surface area contributed by atoms with E-state index in [-0.39, 0.29) is 24.4 Å². The van der Waals surface area contributed by atoms with Crippen molar-refractivity contribution in [1.82, 2.24) is 10.2 Å². The summed E-state index contributed by atoms with van der Waals surface area (Å²) < 4.78 is 0. The summed E-state index contributed by atoms with van der Waals surface area (Å²) in [5.74, 6) is -0.873. The van der Waals surface area contributed by atoms with Gasteiger partial charge in [-0.3, -0.25) is 9.59 Å². The maximum absolute atomic E-state index is 12.1. The quantitative estimate of drug-likeness (QED) is 0.660. The van der Waals surface area contributed by atoms with Crippen molar-refractivity contribution in [1.29, 1.82) is 0 Å². The highest BCUT2D eigenvalue weighted by molar-refractivity contribution is 5.89. The lowest BCUT2D eigenvalue weighted by Crippen LogP contribution is -2.45. The Bertz CT molecular complexity index is 639. The SMILES string of the molecule is CC(=O)N(Cc1ccc(NC(=O)NC(C)(C)CCC(=O)O)cc1)C(C)C. The summed E-state index contributed by atoms with van der Waals surface area (Å²) in [5, 5.41) is 14.3. The second kappa shape index (κ2) is 9.22. The standard InChI is InChI=1S/C19H29N3O4/c1-13(2)22(14(3)23)12-15-6-8-16(9-7-15)20-18(26)21-19(4,5)11-10-17(24)25/h6-9,13H,10-12H2,1-5H3,(H,24,25)(H2,20,21,26). The highest BCUT2D eigenvalue weighted by Gasteiger charge is 2.21. The van der Waals surface area contributed by atoms with E-state index in [1.165, 1.54) is 0 Å². The van der Waals surface area contributed by atoms with Crippen molar-refractivity contribution < 1.29 is 19.5 Å². The average molecular weight is 363 g/mol. The summed E-state index contributed by atoms with van der Waals surface area (Å²) in [4.78, 5) is 36.2. The molecule has 0 aliphatic rings. The van der Waals surface area contributed by atoms with Crippen molar-refractivity contribution >= 4 is 23.6 Å². The molecule has 0 saturated heterocycles. The van der Waals surface area contributed by atoms with Gasteiger partial charge in [-0.1, -0.05) is 12.1 Å². The van der Waals surface area contributed by atoms with Gasteiger partial charge in [0, 0.05) is 37.2 Å². The first-order valence-corrected chi connectivity index (χ1v) is 8.67. The molecule has 3 N–H and O–H groups in total. The zero-order valence-electron chi connectivity index (χ0n) is 16.1. The number of carbonyl (C=O) groups excluding carboxylic acids is 2. The number of benzene rings is 1. The lowest BCUT2D eigenvalue weighted by Gasteiger charge is -2.26. The number of rotatable bonds is 8. The Labute approximate surface area is 154 Å². The van der Waals surface area contributed by atoms with Crippen LogP contribution in [0.2, 0.25) is 0 Å². The van der Waals surface area contributed by atoms with Gasteiger partial charge in [0.1, 0.15) is 0 Å². The van der Waals surface area contributed by atoms with Gasteiger partial charge in [0.2, 0.25) is 5.91 Å². The number of anilines is 1. The van der Waals surface area contributed by atoms with E-state index in [2.05, 4.69) is 10.6 Å². The maximum atomic E-state index is 12.1. The fraction of sp³-hybridized carbons (Fsp3) is 0.526. The van der Waals surface area contributed by atoms with Crippen molar-refractivity contribution in [3.05, 3.63) is 29.8 Å². The molecule has 0 spiro atoms. The van der Waals surface area contributed by atoms with Crippen LogP contribution in [0.1, 0.15) is 53.0 Å². The molecule has 7 heteroatoms. The minimum absolute atomic E-state index is 0.00945. The molecule has 7 nitrogen and oxygen atoms in total. The molecule has 0 fully saturated rings. The average Bonchev–Trinajstić information content (AvgIpc) is 2.51. The molecule has 144 valence electrons. The third-order valence-electron chi connectivity index (χ3n) is 4.01. The topological polar surface area (TPSA) is 98.7 Å². The number of nitrogens with zero attached hydrogens (tertiary/aromatic N) is 1. The van der Waals surface area contributed by atoms with Gasteiger partial charge in [0.25, 0.3) is 0 Å². The minimum atomic E-state index is -0.892. The van der Waals surface area contributed by atoms with Gasteiger partial charge >= 0.3 is 12.0 Å². The van der Waals surface area contributed by atoms with Gasteiger partial charge in [-0.25, -0.2) is 4.79 Å². The van der Waals surface area contributed by atoms with Crippen LogP contribution in [0.3, 0.4) is 0 Å². The molecule has 0 heterocycles. The fourth-order valence-corrected chi connectivity index (χ4v) is 2.50. The first kappa shape index (κ1) is 21.5. The molecule has 1 rings (SSSR count). The number of hydrogen-bond acceptors (Lipinski definition) is 3. The molecule has 0 radical (unpaired) electrons. The molecule has 1 aromatic rings. The number of amides is 3. The summed E-state index contributed by atoms with van der Waals surface area (Å²) >= 11 is 0. The maximum Gasteiger partial charge on any atom is 0.319 e. The molecular weight excluding hydrogens is 334 g/mol. The van der Waals surface area contributed by atoms with Crippen LogP contribution >= 0.6 is 0 Å². The minimum Gasteiger partial charge on any atom is -0.481 e. The van der Waals surface area contributed by atoms with Crippen LogP contribution in [0.15, 0.2) is 24.3 Å². The van der Waals surface area contributed by atoms with Crippen LogP contribution < -0.4 is 10.6 Å². The largest absolute Gasteiger partial charge is 0.481 e. The number of urea groups is 1. The van der Waals surface area contributed by atoms with E-state index in [9.17, 15) is 14.4 Å². The van der Waals surface area contributed by atoms with E-state index in [1.54, 1.807) is 37.8 Å². The zero-order chi connectivity index (χ0) is 19.9. The lowest BCUT2D eigenvalue weighted by atomic mass is 9.99. The van der Waals surface area contributed by atoms with E-state index in [4.69, 9.17) is 5.11 Å². The highest BCUT2D eigenvalue weighted by atomic mass is 16.4. The Morgan fingerprint density at radius 2 is 1.73 bits per heavy atom. The monoisotopic (exact) mass is 363 g/mol. The number of nitrogens with one attached hydrogen (secondary N) is 2. The van der Waals surface area contributed by atoms with Crippen LogP contribution in [-0.4, -0.2) is 39.5 Å². The van der Waals surface area contributed by atoms with E-state index in [1.807, 2.05) is 26.0 Å². The predicted octanol–water partition coefficient (Wildman–Crippen LogP) is 3.21. The number of hydrogen-bond donors (Lipinski definition) is 3. The molecule has 1 aromatic carbocycles. The number of carbonyl (C=O) groups is 3. The summed E-state index contributed by atoms with van der Waals surface area (Å²) in [6.45, 7) is 9.55. The van der Waals surface area contributed by atoms with Gasteiger partial charge in [0.05, 0.1) is 0 Å². The predicted molar refractivity (Wildman–Crippen MR) is 101 cm³/mol. The van der Waals surface area contributed by atoms with Gasteiger partial charge in [0.15, 0.2) is 0 Å². The Balaban J connectivity index is 2.62. The molecule has 0 aliphatic heterocycles. The number of aliphatic carboxylic acids is 1. The van der Waals surface area contributed by atoms with Crippen LogP contribution in [-0.2, 0) is 16.1 Å². The molecule has 0 aromatic heterocycles. The van der Waals surface area contributed by atoms with Gasteiger partial charge < -0.3 is 20.6 Å². The molecule has 3 amide bonds. The first-order valence-electron chi connectivity index (χ1n) is 8.67. The van der Waals surface area contributed by atoms with E-state index in [0.717, 1.165) is 5.56 Å². The second-order valence-electron chi connectivity index (χ2n) is 7.29. The van der Waals surface area contributed by atoms with Crippen molar-refractivity contribution in [3.8, 4) is 0 Å². The van der Waals surface area contributed by atoms with Crippen LogP contribution in [0, 0.1) is 0 Å². The van der Waals surface area contributed by atoms with Gasteiger partial charge in [-0.2, -0.15) is 0 Å². The molecule has 0 unspecified atom stereocenters. The zero-order valence-corrected chi connectivity index (χ0v) is 16.1. The molecule has 0 aliphatic carbocycles. The van der Waals surface area contributed by atoms with Crippen molar-refractivity contribution in [3.63, 3.8) is 0 Å².